The van der Waals surface area contributed by atoms with Crippen LogP contribution in [0, 0.1) is 25.5 Å². The minimum Gasteiger partial charge on any atom is -0.289 e. The van der Waals surface area contributed by atoms with Gasteiger partial charge in [0.1, 0.15) is 11.6 Å². The molecule has 0 radical (unpaired) electrons. The Morgan fingerprint density at radius 3 is 2.12 bits per heavy atom. The van der Waals surface area contributed by atoms with Gasteiger partial charge >= 0.3 is 0 Å². The Bertz CT molecular complexity index is 567. The van der Waals surface area contributed by atoms with Gasteiger partial charge in [-0.25, -0.2) is 8.78 Å². The third-order valence-electron chi connectivity index (χ3n) is 2.41. The Balaban J connectivity index is 2.47. The van der Waals surface area contributed by atoms with Crippen molar-refractivity contribution in [3.05, 3.63) is 56.8 Å². The van der Waals surface area contributed by atoms with Gasteiger partial charge in [0.15, 0.2) is 5.78 Å². The third kappa shape index (κ3) is 2.42. The topological polar surface area (TPSA) is 17.1 Å². The number of hydrogen-bond acceptors (Lipinski definition) is 2. The number of thiophene rings is 1. The van der Waals surface area contributed by atoms with Crippen molar-refractivity contribution in [2.45, 2.75) is 13.8 Å². The minimum atomic E-state index is -0.738. The third-order valence-corrected chi connectivity index (χ3v) is 3.38. The molecule has 88 valence electrons. The highest BCUT2D eigenvalue weighted by atomic mass is 32.1. The zero-order chi connectivity index (χ0) is 12.6. The number of aryl methyl sites for hydroxylation is 2. The van der Waals surface area contributed by atoms with E-state index < -0.39 is 11.6 Å². The first-order chi connectivity index (χ1) is 7.97. The highest BCUT2D eigenvalue weighted by Crippen LogP contribution is 2.23. The summed E-state index contributed by atoms with van der Waals surface area (Å²) in [4.78, 5) is 13.9. The van der Waals surface area contributed by atoms with Crippen LogP contribution in [0.2, 0.25) is 0 Å². The van der Waals surface area contributed by atoms with Crippen molar-refractivity contribution < 1.29 is 13.6 Å². The Morgan fingerprint density at radius 2 is 1.65 bits per heavy atom. The highest BCUT2D eigenvalue weighted by molar-refractivity contribution is 7.12. The highest BCUT2D eigenvalue weighted by Gasteiger charge is 2.15. The maximum atomic E-state index is 13.0. The second kappa shape index (κ2) is 4.37. The molecule has 1 aromatic carbocycles. The number of halogens is 2. The molecule has 2 rings (SSSR count). The van der Waals surface area contributed by atoms with E-state index in [1.54, 1.807) is 6.07 Å². The summed E-state index contributed by atoms with van der Waals surface area (Å²) in [5.74, 6) is -1.82. The molecule has 1 aromatic heterocycles. The number of carbonyl (C=O) groups excluding carboxylic acids is 1. The summed E-state index contributed by atoms with van der Waals surface area (Å²) >= 11 is 1.49. The van der Waals surface area contributed by atoms with Crippen LogP contribution in [0.4, 0.5) is 8.78 Å². The SMILES string of the molecule is Cc1cc(C(=O)c2cc(F)cc(F)c2)c(C)s1. The number of benzene rings is 1. The smallest absolute Gasteiger partial charge is 0.194 e. The fraction of sp³-hybridized carbons (Fsp3) is 0.154. The number of rotatable bonds is 2. The monoisotopic (exact) mass is 252 g/mol. The van der Waals surface area contributed by atoms with Gasteiger partial charge in [-0.2, -0.15) is 0 Å². The normalized spacial score (nSPS) is 10.6. The Morgan fingerprint density at radius 1 is 1.06 bits per heavy atom. The van der Waals surface area contributed by atoms with Crippen LogP contribution in [0.1, 0.15) is 25.7 Å². The van der Waals surface area contributed by atoms with Crippen molar-refractivity contribution in [3.8, 4) is 0 Å². The van der Waals surface area contributed by atoms with Crippen molar-refractivity contribution in [1.29, 1.82) is 0 Å². The summed E-state index contributed by atoms with van der Waals surface area (Å²) in [6.07, 6.45) is 0. The Kier molecular flexibility index (Phi) is 3.07. The van der Waals surface area contributed by atoms with E-state index in [9.17, 15) is 13.6 Å². The van der Waals surface area contributed by atoms with Crippen LogP contribution in [-0.2, 0) is 0 Å². The molecule has 0 aliphatic rings. The molecule has 0 bridgehead atoms. The second-order valence-electron chi connectivity index (χ2n) is 3.81. The standard InChI is InChI=1S/C13H10F2OS/c1-7-3-12(8(2)17-7)13(16)9-4-10(14)6-11(15)5-9/h3-6H,1-2H3. The van der Waals surface area contributed by atoms with E-state index in [0.29, 0.717) is 5.56 Å². The summed E-state index contributed by atoms with van der Waals surface area (Å²) < 4.78 is 26.0. The van der Waals surface area contributed by atoms with Gasteiger partial charge < -0.3 is 0 Å². The van der Waals surface area contributed by atoms with Gasteiger partial charge in [0.25, 0.3) is 0 Å². The molecular formula is C13H10F2OS. The van der Waals surface area contributed by atoms with E-state index in [0.717, 1.165) is 28.0 Å². The van der Waals surface area contributed by atoms with Gasteiger partial charge in [0.05, 0.1) is 0 Å². The van der Waals surface area contributed by atoms with Crippen molar-refractivity contribution in [2.24, 2.45) is 0 Å². The van der Waals surface area contributed by atoms with Crippen LogP contribution in [0.3, 0.4) is 0 Å². The van der Waals surface area contributed by atoms with E-state index in [1.807, 2.05) is 13.8 Å². The summed E-state index contributed by atoms with van der Waals surface area (Å²) in [7, 11) is 0. The molecule has 0 fully saturated rings. The molecule has 0 unspecified atom stereocenters. The van der Waals surface area contributed by atoms with Crippen molar-refractivity contribution in [2.75, 3.05) is 0 Å². The number of carbonyl (C=O) groups is 1. The molecule has 1 heterocycles. The van der Waals surface area contributed by atoms with Crippen LogP contribution in [0.15, 0.2) is 24.3 Å². The van der Waals surface area contributed by atoms with Crippen LogP contribution >= 0.6 is 11.3 Å². The molecule has 0 saturated carbocycles. The van der Waals surface area contributed by atoms with Crippen LogP contribution in [-0.4, -0.2) is 5.78 Å². The number of ketones is 1. The quantitative estimate of drug-likeness (QED) is 0.741. The first-order valence-corrected chi connectivity index (χ1v) is 5.87. The van der Waals surface area contributed by atoms with Gasteiger partial charge in [0, 0.05) is 26.9 Å². The fourth-order valence-electron chi connectivity index (χ4n) is 1.70. The molecule has 0 aliphatic carbocycles. The summed E-state index contributed by atoms with van der Waals surface area (Å²) in [6, 6.07) is 4.60. The second-order valence-corrected chi connectivity index (χ2v) is 5.27. The van der Waals surface area contributed by atoms with Crippen molar-refractivity contribution in [3.63, 3.8) is 0 Å². The molecule has 0 N–H and O–H groups in total. The minimum absolute atomic E-state index is 0.0448. The average Bonchev–Trinajstić information content (AvgIpc) is 2.55. The first-order valence-electron chi connectivity index (χ1n) is 5.05. The van der Waals surface area contributed by atoms with Gasteiger partial charge in [-0.15, -0.1) is 11.3 Å². The molecular weight excluding hydrogens is 242 g/mol. The molecule has 1 nitrogen and oxygen atoms in total. The first kappa shape index (κ1) is 11.9. The fourth-order valence-corrected chi connectivity index (χ4v) is 2.62. The lowest BCUT2D eigenvalue weighted by Crippen LogP contribution is -2.02. The zero-order valence-corrected chi connectivity index (χ0v) is 10.2. The molecule has 0 atom stereocenters. The number of hydrogen-bond donors (Lipinski definition) is 0. The van der Waals surface area contributed by atoms with Crippen LogP contribution in [0.5, 0.6) is 0 Å². The largest absolute Gasteiger partial charge is 0.289 e. The molecule has 2 aromatic rings. The van der Waals surface area contributed by atoms with E-state index in [2.05, 4.69) is 0 Å². The molecule has 0 saturated heterocycles. The Hall–Kier alpha value is -1.55. The lowest BCUT2D eigenvalue weighted by Gasteiger charge is -2.01. The van der Waals surface area contributed by atoms with Crippen LogP contribution in [0.25, 0.3) is 0 Å². The lowest BCUT2D eigenvalue weighted by atomic mass is 10.0. The van der Waals surface area contributed by atoms with E-state index in [4.69, 9.17) is 0 Å². The lowest BCUT2D eigenvalue weighted by molar-refractivity contribution is 0.103. The van der Waals surface area contributed by atoms with Gasteiger partial charge in [-0.1, -0.05) is 0 Å². The summed E-state index contributed by atoms with van der Waals surface area (Å²) in [6.45, 7) is 3.71. The molecule has 0 amide bonds. The van der Waals surface area contributed by atoms with Gasteiger partial charge in [0.2, 0.25) is 0 Å². The molecule has 17 heavy (non-hydrogen) atoms. The molecule has 4 heteroatoms. The van der Waals surface area contributed by atoms with Crippen molar-refractivity contribution in [1.82, 2.24) is 0 Å². The average molecular weight is 252 g/mol. The van der Waals surface area contributed by atoms with Crippen molar-refractivity contribution >= 4 is 17.1 Å². The maximum Gasteiger partial charge on any atom is 0.194 e. The van der Waals surface area contributed by atoms with E-state index in [1.165, 1.54) is 11.3 Å². The Labute approximate surface area is 102 Å². The summed E-state index contributed by atoms with van der Waals surface area (Å²) in [5, 5.41) is 0. The van der Waals surface area contributed by atoms with E-state index in [-0.39, 0.29) is 11.3 Å². The molecule has 0 spiro atoms. The predicted octanol–water partition coefficient (Wildman–Crippen LogP) is 3.87. The van der Waals surface area contributed by atoms with E-state index >= 15 is 0 Å². The summed E-state index contributed by atoms with van der Waals surface area (Å²) in [5.41, 5.74) is 0.556. The molecule has 0 aliphatic heterocycles. The zero-order valence-electron chi connectivity index (χ0n) is 9.38. The predicted molar refractivity (Wildman–Crippen MR) is 63.6 cm³/mol. The van der Waals surface area contributed by atoms with Crippen LogP contribution < -0.4 is 0 Å². The van der Waals surface area contributed by atoms with Gasteiger partial charge in [-0.05, 0) is 32.0 Å². The maximum absolute atomic E-state index is 13.0. The van der Waals surface area contributed by atoms with Gasteiger partial charge in [-0.3, -0.25) is 4.79 Å².